The lowest BCUT2D eigenvalue weighted by atomic mass is 10.2. The van der Waals surface area contributed by atoms with E-state index in [-0.39, 0.29) is 0 Å². The number of hydrogen-bond donors (Lipinski definition) is 0. The van der Waals surface area contributed by atoms with Gasteiger partial charge in [0, 0.05) is 18.5 Å². The monoisotopic (exact) mass is 301 g/mol. The molecule has 0 amide bonds. The number of alkyl halides is 1. The molecule has 4 nitrogen and oxygen atoms in total. The first-order chi connectivity index (χ1) is 10.2. The Balaban J connectivity index is 2.32. The largest absolute Gasteiger partial charge is 0.495 e. The minimum absolute atomic E-state index is 0.511. The van der Waals surface area contributed by atoms with E-state index < -0.39 is 0 Å². The van der Waals surface area contributed by atoms with E-state index in [9.17, 15) is 0 Å². The maximum absolute atomic E-state index is 5.92. The van der Waals surface area contributed by atoms with Crippen molar-refractivity contribution in [1.82, 2.24) is 14.5 Å². The molecule has 108 valence electrons. The summed E-state index contributed by atoms with van der Waals surface area (Å²) < 4.78 is 7.53. The fourth-order valence-corrected chi connectivity index (χ4v) is 2.61. The number of benzene rings is 1. The van der Waals surface area contributed by atoms with Crippen molar-refractivity contribution in [3.05, 3.63) is 47.9 Å². The average molecular weight is 302 g/mol. The van der Waals surface area contributed by atoms with Gasteiger partial charge in [0.05, 0.1) is 12.8 Å². The van der Waals surface area contributed by atoms with Gasteiger partial charge in [-0.05, 0) is 36.8 Å². The van der Waals surface area contributed by atoms with Gasteiger partial charge < -0.3 is 4.74 Å². The molecule has 0 bridgehead atoms. The average Bonchev–Trinajstić information content (AvgIpc) is 2.85. The SMILES string of the molecule is COc1ccc(C)cc1-n1c(CCCl)nc2cccnc21. The van der Waals surface area contributed by atoms with Crippen molar-refractivity contribution in [3.8, 4) is 11.4 Å². The maximum Gasteiger partial charge on any atom is 0.164 e. The predicted molar refractivity (Wildman–Crippen MR) is 84.6 cm³/mol. The van der Waals surface area contributed by atoms with Crippen molar-refractivity contribution in [2.45, 2.75) is 13.3 Å². The molecule has 0 saturated heterocycles. The van der Waals surface area contributed by atoms with Crippen LogP contribution in [0.1, 0.15) is 11.4 Å². The summed E-state index contributed by atoms with van der Waals surface area (Å²) in [5, 5.41) is 0. The van der Waals surface area contributed by atoms with E-state index in [0.29, 0.717) is 12.3 Å². The van der Waals surface area contributed by atoms with E-state index in [0.717, 1.165) is 34.0 Å². The van der Waals surface area contributed by atoms with Crippen LogP contribution in [-0.2, 0) is 6.42 Å². The first-order valence-corrected chi connectivity index (χ1v) is 7.31. The molecule has 0 aliphatic carbocycles. The van der Waals surface area contributed by atoms with Gasteiger partial charge in [0.25, 0.3) is 0 Å². The van der Waals surface area contributed by atoms with Crippen molar-refractivity contribution in [2.75, 3.05) is 13.0 Å². The molecule has 3 aromatic rings. The fraction of sp³-hybridized carbons (Fsp3) is 0.250. The highest BCUT2D eigenvalue weighted by Gasteiger charge is 2.16. The maximum atomic E-state index is 5.92. The number of ether oxygens (including phenoxy) is 1. The van der Waals surface area contributed by atoms with Crippen LogP contribution in [0.5, 0.6) is 5.75 Å². The fourth-order valence-electron chi connectivity index (χ4n) is 2.44. The third-order valence-corrected chi connectivity index (χ3v) is 3.57. The molecule has 0 unspecified atom stereocenters. The Labute approximate surface area is 128 Å². The van der Waals surface area contributed by atoms with Crippen LogP contribution in [0.2, 0.25) is 0 Å². The summed E-state index contributed by atoms with van der Waals surface area (Å²) in [5.41, 5.74) is 3.78. The van der Waals surface area contributed by atoms with Crippen molar-refractivity contribution in [2.24, 2.45) is 0 Å². The Hall–Kier alpha value is -2.07. The van der Waals surface area contributed by atoms with Crippen LogP contribution in [0.4, 0.5) is 0 Å². The van der Waals surface area contributed by atoms with Crippen molar-refractivity contribution in [3.63, 3.8) is 0 Å². The number of methoxy groups -OCH3 is 1. The molecular formula is C16H16ClN3O. The highest BCUT2D eigenvalue weighted by molar-refractivity contribution is 6.17. The molecule has 0 aliphatic rings. The molecule has 2 aromatic heterocycles. The molecule has 0 spiro atoms. The zero-order chi connectivity index (χ0) is 14.8. The van der Waals surface area contributed by atoms with Crippen LogP contribution >= 0.6 is 11.6 Å². The van der Waals surface area contributed by atoms with Crippen LogP contribution in [0.25, 0.3) is 16.9 Å². The number of fused-ring (bicyclic) bond motifs is 1. The third-order valence-electron chi connectivity index (χ3n) is 3.38. The highest BCUT2D eigenvalue weighted by atomic mass is 35.5. The molecule has 0 radical (unpaired) electrons. The summed E-state index contributed by atoms with van der Waals surface area (Å²) in [6.07, 6.45) is 2.45. The normalized spacial score (nSPS) is 11.0. The van der Waals surface area contributed by atoms with Gasteiger partial charge in [-0.15, -0.1) is 11.6 Å². The Morgan fingerprint density at radius 1 is 1.29 bits per heavy atom. The van der Waals surface area contributed by atoms with Crippen LogP contribution in [0, 0.1) is 6.92 Å². The summed E-state index contributed by atoms with van der Waals surface area (Å²) in [4.78, 5) is 9.11. The van der Waals surface area contributed by atoms with E-state index in [2.05, 4.69) is 23.0 Å². The van der Waals surface area contributed by atoms with Crippen LogP contribution in [-0.4, -0.2) is 27.5 Å². The number of rotatable bonds is 4. The molecular weight excluding hydrogens is 286 g/mol. The summed E-state index contributed by atoms with van der Waals surface area (Å²) in [6.45, 7) is 2.05. The van der Waals surface area contributed by atoms with E-state index in [1.165, 1.54) is 0 Å². The lowest BCUT2D eigenvalue weighted by Gasteiger charge is -2.13. The van der Waals surface area contributed by atoms with Crippen LogP contribution in [0.3, 0.4) is 0 Å². The Bertz CT molecular complexity index is 782. The minimum Gasteiger partial charge on any atom is -0.495 e. The van der Waals surface area contributed by atoms with Crippen LogP contribution in [0.15, 0.2) is 36.5 Å². The lowest BCUT2D eigenvalue weighted by molar-refractivity contribution is 0.412. The predicted octanol–water partition coefficient (Wildman–Crippen LogP) is 3.52. The quantitative estimate of drug-likeness (QED) is 0.692. The van der Waals surface area contributed by atoms with Gasteiger partial charge in [-0.25, -0.2) is 9.97 Å². The standard InChI is InChI=1S/C16H16ClN3O/c1-11-5-6-14(21-2)13(10-11)20-15(7-8-17)19-12-4-3-9-18-16(12)20/h3-6,9-10H,7-8H2,1-2H3. The molecule has 5 heteroatoms. The molecule has 0 atom stereocenters. The molecule has 0 N–H and O–H groups in total. The van der Waals surface area contributed by atoms with Crippen LogP contribution < -0.4 is 4.74 Å². The first kappa shape index (κ1) is 13.9. The van der Waals surface area contributed by atoms with Gasteiger partial charge in [0.1, 0.15) is 17.1 Å². The summed E-state index contributed by atoms with van der Waals surface area (Å²) >= 11 is 5.92. The van der Waals surface area contributed by atoms with Crippen molar-refractivity contribution in [1.29, 1.82) is 0 Å². The summed E-state index contributed by atoms with van der Waals surface area (Å²) in [5.74, 6) is 2.20. The smallest absolute Gasteiger partial charge is 0.164 e. The van der Waals surface area contributed by atoms with E-state index in [4.69, 9.17) is 16.3 Å². The zero-order valence-electron chi connectivity index (χ0n) is 12.0. The Morgan fingerprint density at radius 3 is 2.90 bits per heavy atom. The number of aromatic nitrogens is 3. The van der Waals surface area contributed by atoms with Crippen molar-refractivity contribution < 1.29 is 4.74 Å². The molecule has 0 fully saturated rings. The number of hydrogen-bond acceptors (Lipinski definition) is 3. The highest BCUT2D eigenvalue weighted by Crippen LogP contribution is 2.28. The van der Waals surface area contributed by atoms with Gasteiger partial charge in [-0.3, -0.25) is 4.57 Å². The van der Waals surface area contributed by atoms with E-state index in [1.807, 2.05) is 28.8 Å². The number of halogens is 1. The summed E-state index contributed by atoms with van der Waals surface area (Å²) in [7, 11) is 1.67. The number of aryl methyl sites for hydroxylation is 2. The Morgan fingerprint density at radius 2 is 2.14 bits per heavy atom. The van der Waals surface area contributed by atoms with E-state index >= 15 is 0 Å². The number of nitrogens with zero attached hydrogens (tertiary/aromatic N) is 3. The molecule has 1 aromatic carbocycles. The first-order valence-electron chi connectivity index (χ1n) is 6.78. The second-order valence-corrected chi connectivity index (χ2v) is 5.20. The van der Waals surface area contributed by atoms with Gasteiger partial charge in [-0.2, -0.15) is 0 Å². The third kappa shape index (κ3) is 2.47. The van der Waals surface area contributed by atoms with Gasteiger partial charge in [0.2, 0.25) is 0 Å². The topological polar surface area (TPSA) is 39.9 Å². The second kappa shape index (κ2) is 5.74. The number of pyridine rings is 1. The van der Waals surface area contributed by atoms with Gasteiger partial charge >= 0.3 is 0 Å². The lowest BCUT2D eigenvalue weighted by Crippen LogP contribution is -2.05. The molecule has 2 heterocycles. The second-order valence-electron chi connectivity index (χ2n) is 4.82. The van der Waals surface area contributed by atoms with Gasteiger partial charge in [0.15, 0.2) is 5.65 Å². The van der Waals surface area contributed by atoms with E-state index in [1.54, 1.807) is 13.3 Å². The molecule has 0 aliphatic heterocycles. The summed E-state index contributed by atoms with van der Waals surface area (Å²) in [6, 6.07) is 9.91. The van der Waals surface area contributed by atoms with Gasteiger partial charge in [-0.1, -0.05) is 6.07 Å². The molecule has 0 saturated carbocycles. The number of imidazole rings is 1. The molecule has 21 heavy (non-hydrogen) atoms. The van der Waals surface area contributed by atoms with Crippen molar-refractivity contribution >= 4 is 22.8 Å². The Kier molecular flexibility index (Phi) is 3.80. The minimum atomic E-state index is 0.511. The zero-order valence-corrected chi connectivity index (χ0v) is 12.8. The molecule has 3 rings (SSSR count).